The van der Waals surface area contributed by atoms with E-state index >= 15 is 0 Å². The molecule has 114 valence electrons. The first-order valence-corrected chi connectivity index (χ1v) is 7.68. The molecule has 1 aromatic rings. The molecule has 1 aliphatic rings. The smallest absolute Gasteiger partial charge is 0.238 e. The summed E-state index contributed by atoms with van der Waals surface area (Å²) in [5, 5.41) is 2.90. The number of nitrogens with zero attached hydrogens (tertiary/aromatic N) is 1. The highest BCUT2D eigenvalue weighted by molar-refractivity contribution is 6.07. The summed E-state index contributed by atoms with van der Waals surface area (Å²) in [4.78, 5) is 26.5. The summed E-state index contributed by atoms with van der Waals surface area (Å²) < 4.78 is 0. The van der Waals surface area contributed by atoms with Gasteiger partial charge in [0.05, 0.1) is 0 Å². The molecule has 1 N–H and O–H groups in total. The van der Waals surface area contributed by atoms with Crippen LogP contribution in [0.5, 0.6) is 0 Å². The Hall–Kier alpha value is -1.84. The highest BCUT2D eigenvalue weighted by Gasteiger charge is 2.57. The van der Waals surface area contributed by atoms with E-state index < -0.39 is 5.41 Å². The average molecular weight is 288 g/mol. The molecule has 1 aliphatic carbocycles. The van der Waals surface area contributed by atoms with E-state index in [9.17, 15) is 9.59 Å². The van der Waals surface area contributed by atoms with Crippen LogP contribution in [0.4, 0.5) is 0 Å². The van der Waals surface area contributed by atoms with E-state index in [1.165, 1.54) is 0 Å². The molecule has 0 atom stereocenters. The van der Waals surface area contributed by atoms with Crippen LogP contribution < -0.4 is 5.32 Å². The fourth-order valence-electron chi connectivity index (χ4n) is 2.51. The van der Waals surface area contributed by atoms with Gasteiger partial charge in [0.25, 0.3) is 0 Å². The number of benzene rings is 1. The summed E-state index contributed by atoms with van der Waals surface area (Å²) >= 11 is 0. The Morgan fingerprint density at radius 3 is 2.48 bits per heavy atom. The van der Waals surface area contributed by atoms with E-state index in [0.717, 1.165) is 18.4 Å². The van der Waals surface area contributed by atoms with Gasteiger partial charge in [0, 0.05) is 20.1 Å². The topological polar surface area (TPSA) is 49.4 Å². The molecule has 4 nitrogen and oxygen atoms in total. The molecule has 2 amide bonds. The van der Waals surface area contributed by atoms with Crippen LogP contribution in [0.1, 0.15) is 38.2 Å². The fourth-order valence-corrected chi connectivity index (χ4v) is 2.51. The Bertz CT molecular complexity index is 495. The lowest BCUT2D eigenvalue weighted by Gasteiger charge is -2.23. The lowest BCUT2D eigenvalue weighted by Crippen LogP contribution is -2.43. The monoisotopic (exact) mass is 288 g/mol. The van der Waals surface area contributed by atoms with Crippen LogP contribution in [0.25, 0.3) is 0 Å². The molecule has 0 unspecified atom stereocenters. The second kappa shape index (κ2) is 6.74. The Kier molecular flexibility index (Phi) is 4.99. The molecule has 21 heavy (non-hydrogen) atoms. The average Bonchev–Trinajstić information content (AvgIpc) is 3.29. The van der Waals surface area contributed by atoms with E-state index in [2.05, 4.69) is 12.2 Å². The number of hydrogen-bond acceptors (Lipinski definition) is 2. The van der Waals surface area contributed by atoms with Crippen LogP contribution in [0.15, 0.2) is 30.3 Å². The van der Waals surface area contributed by atoms with Crippen molar-refractivity contribution in [3.63, 3.8) is 0 Å². The number of carbonyl (C=O) groups excluding carboxylic acids is 2. The lowest BCUT2D eigenvalue weighted by atomic mass is 10.0. The van der Waals surface area contributed by atoms with Crippen LogP contribution in [0.3, 0.4) is 0 Å². The molecular formula is C17H24N2O2. The van der Waals surface area contributed by atoms with Crippen molar-refractivity contribution >= 4 is 11.8 Å². The predicted octanol–water partition coefficient (Wildman–Crippen LogP) is 2.34. The number of rotatable bonds is 7. The van der Waals surface area contributed by atoms with E-state index in [0.29, 0.717) is 25.9 Å². The van der Waals surface area contributed by atoms with Crippen LogP contribution in [-0.2, 0) is 16.1 Å². The predicted molar refractivity (Wildman–Crippen MR) is 82.5 cm³/mol. The van der Waals surface area contributed by atoms with Gasteiger partial charge in [-0.05, 0) is 24.8 Å². The van der Waals surface area contributed by atoms with Crippen molar-refractivity contribution in [3.05, 3.63) is 35.9 Å². The molecule has 1 aromatic carbocycles. The highest BCUT2D eigenvalue weighted by Crippen LogP contribution is 2.47. The minimum atomic E-state index is -0.794. The molecule has 1 fully saturated rings. The van der Waals surface area contributed by atoms with Gasteiger partial charge in [0.15, 0.2) is 0 Å². The maximum absolute atomic E-state index is 12.6. The summed E-state index contributed by atoms with van der Waals surface area (Å²) in [6.45, 7) is 3.29. The zero-order valence-electron chi connectivity index (χ0n) is 12.9. The first kappa shape index (κ1) is 15.5. The van der Waals surface area contributed by atoms with Crippen molar-refractivity contribution < 1.29 is 9.59 Å². The van der Waals surface area contributed by atoms with Crippen LogP contribution in [0.2, 0.25) is 0 Å². The van der Waals surface area contributed by atoms with Crippen molar-refractivity contribution in [2.45, 2.75) is 39.2 Å². The molecule has 0 bridgehead atoms. The molecule has 0 radical (unpaired) electrons. The lowest BCUT2D eigenvalue weighted by molar-refractivity contribution is -0.143. The van der Waals surface area contributed by atoms with E-state index in [4.69, 9.17) is 0 Å². The largest absolute Gasteiger partial charge is 0.355 e. The highest BCUT2D eigenvalue weighted by atomic mass is 16.2. The molecule has 0 saturated heterocycles. The van der Waals surface area contributed by atoms with Gasteiger partial charge < -0.3 is 10.2 Å². The molecular weight excluding hydrogens is 264 g/mol. The zero-order valence-corrected chi connectivity index (χ0v) is 12.9. The Morgan fingerprint density at radius 2 is 1.90 bits per heavy atom. The van der Waals surface area contributed by atoms with Crippen LogP contribution in [-0.4, -0.2) is 30.3 Å². The normalized spacial score (nSPS) is 15.3. The van der Waals surface area contributed by atoms with Gasteiger partial charge in [-0.15, -0.1) is 0 Å². The summed E-state index contributed by atoms with van der Waals surface area (Å²) in [6.07, 6.45) is 3.33. The van der Waals surface area contributed by atoms with E-state index in [1.807, 2.05) is 30.3 Å². The molecule has 0 aliphatic heterocycles. The number of unbranched alkanes of at least 4 members (excludes halogenated alkanes) is 1. The van der Waals surface area contributed by atoms with E-state index in [1.54, 1.807) is 11.9 Å². The van der Waals surface area contributed by atoms with Crippen LogP contribution in [0, 0.1) is 5.41 Å². The first-order chi connectivity index (χ1) is 10.1. The summed E-state index contributed by atoms with van der Waals surface area (Å²) in [7, 11) is 1.77. The number of carbonyl (C=O) groups is 2. The maximum Gasteiger partial charge on any atom is 0.238 e. The minimum absolute atomic E-state index is 0.0552. The second-order valence-corrected chi connectivity index (χ2v) is 5.84. The Labute approximate surface area is 126 Å². The number of nitrogens with one attached hydrogen (secondary N) is 1. The molecule has 0 spiro atoms. The van der Waals surface area contributed by atoms with Gasteiger partial charge in [0.1, 0.15) is 5.41 Å². The third kappa shape index (κ3) is 3.63. The van der Waals surface area contributed by atoms with Crippen LogP contribution >= 0.6 is 0 Å². The first-order valence-electron chi connectivity index (χ1n) is 7.68. The third-order valence-electron chi connectivity index (χ3n) is 4.02. The van der Waals surface area contributed by atoms with Gasteiger partial charge in [-0.1, -0.05) is 43.7 Å². The van der Waals surface area contributed by atoms with Gasteiger partial charge >= 0.3 is 0 Å². The van der Waals surface area contributed by atoms with Gasteiger partial charge in [0.2, 0.25) is 11.8 Å². The second-order valence-electron chi connectivity index (χ2n) is 5.84. The third-order valence-corrected chi connectivity index (χ3v) is 4.02. The van der Waals surface area contributed by atoms with Crippen molar-refractivity contribution in [2.24, 2.45) is 5.41 Å². The summed E-state index contributed by atoms with van der Waals surface area (Å²) in [5.74, 6) is -0.152. The van der Waals surface area contributed by atoms with Crippen molar-refractivity contribution in [1.29, 1.82) is 0 Å². The number of hydrogen-bond donors (Lipinski definition) is 1. The standard InChI is InChI=1S/C17H24N2O2/c1-3-4-12-18-15(20)17(10-11-17)16(21)19(2)13-14-8-6-5-7-9-14/h5-9H,3-4,10-13H2,1-2H3,(H,18,20). The van der Waals surface area contributed by atoms with Crippen molar-refractivity contribution in [2.75, 3.05) is 13.6 Å². The molecule has 1 saturated carbocycles. The quantitative estimate of drug-likeness (QED) is 0.618. The summed E-state index contributed by atoms with van der Waals surface area (Å²) in [5.41, 5.74) is 0.285. The van der Waals surface area contributed by atoms with Gasteiger partial charge in [-0.2, -0.15) is 0 Å². The molecule has 0 heterocycles. The maximum atomic E-state index is 12.6. The summed E-state index contributed by atoms with van der Waals surface area (Å²) in [6, 6.07) is 9.85. The van der Waals surface area contributed by atoms with E-state index in [-0.39, 0.29) is 11.8 Å². The zero-order chi connectivity index (χ0) is 15.3. The van der Waals surface area contributed by atoms with Gasteiger partial charge in [-0.3, -0.25) is 9.59 Å². The van der Waals surface area contributed by atoms with Gasteiger partial charge in [-0.25, -0.2) is 0 Å². The van der Waals surface area contributed by atoms with Crippen molar-refractivity contribution in [3.8, 4) is 0 Å². The molecule has 0 aromatic heterocycles. The number of amides is 2. The molecule has 4 heteroatoms. The Morgan fingerprint density at radius 1 is 1.24 bits per heavy atom. The molecule has 2 rings (SSSR count). The Balaban J connectivity index is 1.93. The van der Waals surface area contributed by atoms with Crippen molar-refractivity contribution in [1.82, 2.24) is 10.2 Å². The SMILES string of the molecule is CCCCNC(=O)C1(C(=O)N(C)Cc2ccccc2)CC1. The fraction of sp³-hybridized carbons (Fsp3) is 0.529. The minimum Gasteiger partial charge on any atom is -0.355 e.